The van der Waals surface area contributed by atoms with Crippen LogP contribution in [0.5, 0.6) is 0 Å². The Morgan fingerprint density at radius 3 is 2.51 bits per heavy atom. The first kappa shape index (κ1) is 28.0. The van der Waals surface area contributed by atoms with Crippen molar-refractivity contribution < 1.29 is 42.1 Å². The summed E-state index contributed by atoms with van der Waals surface area (Å²) in [5, 5.41) is 16.6. The molecule has 1 aromatic rings. The molecule has 1 unspecified atom stereocenters. The van der Waals surface area contributed by atoms with Gasteiger partial charge in [-0.3, -0.25) is 14.1 Å². The van der Waals surface area contributed by atoms with Crippen molar-refractivity contribution in [1.82, 2.24) is 24.4 Å². The van der Waals surface area contributed by atoms with E-state index in [1.54, 1.807) is 0 Å². The van der Waals surface area contributed by atoms with E-state index in [2.05, 4.69) is 15.5 Å². The monoisotopic (exact) mass is 562 g/mol. The van der Waals surface area contributed by atoms with Crippen LogP contribution in [0.1, 0.15) is 19.5 Å². The predicted molar refractivity (Wildman–Crippen MR) is 128 cm³/mol. The van der Waals surface area contributed by atoms with Crippen LogP contribution in [-0.2, 0) is 29.5 Å². The highest BCUT2D eigenvalue weighted by Crippen LogP contribution is 2.26. The van der Waals surface area contributed by atoms with Gasteiger partial charge in [0, 0.05) is 38.1 Å². The number of carboxylic acid groups (broad SMARTS) is 1. The van der Waals surface area contributed by atoms with Crippen molar-refractivity contribution in [2.24, 2.45) is 10.9 Å². The predicted octanol–water partition coefficient (Wildman–Crippen LogP) is -2.50. The number of amides is 4. The van der Waals surface area contributed by atoms with Crippen LogP contribution in [0.15, 0.2) is 10.5 Å². The number of aromatic nitrogens is 1. The first-order valence-electron chi connectivity index (χ1n) is 10.7. The third-order valence-corrected chi connectivity index (χ3v) is 7.17. The number of nitrogens with two attached hydrogens (primary N) is 2. The zero-order valence-corrected chi connectivity index (χ0v) is 21.4. The van der Waals surface area contributed by atoms with Crippen molar-refractivity contribution in [3.05, 3.63) is 11.1 Å². The number of thiazole rings is 1. The zero-order chi connectivity index (χ0) is 27.7. The van der Waals surface area contributed by atoms with Crippen LogP contribution in [0.2, 0.25) is 0 Å². The van der Waals surface area contributed by atoms with Crippen LogP contribution in [-0.4, -0.2) is 117 Å². The molecule has 0 spiro atoms. The molecule has 17 nitrogen and oxygen atoms in total. The van der Waals surface area contributed by atoms with E-state index in [0.29, 0.717) is 6.54 Å². The fourth-order valence-electron chi connectivity index (χ4n) is 3.54. The van der Waals surface area contributed by atoms with Crippen molar-refractivity contribution in [3.63, 3.8) is 0 Å². The van der Waals surface area contributed by atoms with E-state index in [1.165, 1.54) is 29.0 Å². The molecule has 0 radical (unpaired) electrons. The molecule has 0 aromatic carbocycles. The lowest BCUT2D eigenvalue weighted by Crippen LogP contribution is -2.74. The maximum Gasteiger partial charge on any atom is 0.362 e. The minimum Gasteiger partial charge on any atom is -0.478 e. The largest absolute Gasteiger partial charge is 0.478 e. The lowest BCUT2D eigenvalue weighted by molar-refractivity contribution is -0.161. The fourth-order valence-corrected chi connectivity index (χ4v) is 4.96. The quantitative estimate of drug-likeness (QED) is 0.0812. The summed E-state index contributed by atoms with van der Waals surface area (Å²) in [7, 11) is -5.01. The molecule has 3 rings (SSSR count). The Bertz CT molecular complexity index is 1230. The number of oxime groups is 1. The minimum atomic E-state index is -5.01. The average molecular weight is 563 g/mol. The zero-order valence-electron chi connectivity index (χ0n) is 19.7. The van der Waals surface area contributed by atoms with E-state index in [-0.39, 0.29) is 41.3 Å². The second kappa shape index (κ2) is 10.4. The summed E-state index contributed by atoms with van der Waals surface area (Å²) >= 11 is 0.948. The van der Waals surface area contributed by atoms with Crippen molar-refractivity contribution in [2.75, 3.05) is 38.5 Å². The number of hydrogen-bond donors (Lipinski definition) is 5. The molecule has 19 heteroatoms. The van der Waals surface area contributed by atoms with Gasteiger partial charge in [-0.15, -0.1) is 11.3 Å². The number of urea groups is 1. The Morgan fingerprint density at radius 2 is 1.97 bits per heavy atom. The number of β-lactam (4-membered cyclic amide) rings is 1. The van der Waals surface area contributed by atoms with Gasteiger partial charge in [0.15, 0.2) is 10.8 Å². The average Bonchev–Trinajstić information content (AvgIpc) is 3.37. The Balaban J connectivity index is 1.85. The van der Waals surface area contributed by atoms with E-state index in [1.807, 2.05) is 0 Å². The Labute approximate surface area is 214 Å². The number of hydrogen-bond acceptors (Lipinski definition) is 12. The van der Waals surface area contributed by atoms with E-state index in [9.17, 15) is 37.3 Å². The smallest absolute Gasteiger partial charge is 0.362 e. The molecule has 204 valence electrons. The molecule has 1 aromatic heterocycles. The van der Waals surface area contributed by atoms with Crippen molar-refractivity contribution in [3.8, 4) is 0 Å². The van der Waals surface area contributed by atoms with Crippen LogP contribution < -0.4 is 16.8 Å². The number of rotatable bonds is 11. The second-order valence-corrected chi connectivity index (χ2v) is 10.7. The molecule has 0 saturated carbocycles. The number of carbonyl (C=O) groups excluding carboxylic acids is 3. The summed E-state index contributed by atoms with van der Waals surface area (Å²) in [6, 6.07) is -3.28. The van der Waals surface area contributed by atoms with Crippen LogP contribution in [0.4, 0.5) is 9.93 Å². The first-order valence-corrected chi connectivity index (χ1v) is 13.0. The van der Waals surface area contributed by atoms with Crippen LogP contribution in [0.3, 0.4) is 0 Å². The number of nitrogens with zero attached hydrogens (tertiary/aromatic N) is 5. The van der Waals surface area contributed by atoms with Crippen LogP contribution in [0.25, 0.3) is 0 Å². The third kappa shape index (κ3) is 5.89. The normalized spacial score (nSPS) is 20.8. The van der Waals surface area contributed by atoms with Crippen molar-refractivity contribution in [2.45, 2.75) is 31.5 Å². The number of aliphatic carboxylic acids is 1. The molecule has 7 N–H and O–H groups in total. The van der Waals surface area contributed by atoms with Gasteiger partial charge in [0.1, 0.15) is 11.7 Å². The standard InChI is InChI=1S/C18H26N8O9S2/c1-18(2,15(29)30)35-23-11(9-8-36-16(20)21-9)13(27)22-12-10(26(14(12)28)37(32,33)34)7-25-6-5-24(4-3-19)17(25)31/h8,10,12H,3-7,19H2,1-2H3,(H2,20,21)(H,22,27)(H,29,30)(H,32,33,34)/b23-11-/t10-,12?/m0/s1. The molecular formula is C18H26N8O9S2. The molecule has 2 aliphatic rings. The number of carboxylic acids is 1. The topological polar surface area (TPSA) is 251 Å². The van der Waals surface area contributed by atoms with Gasteiger partial charge in [0.25, 0.3) is 11.8 Å². The second-order valence-electron chi connectivity index (χ2n) is 8.55. The van der Waals surface area contributed by atoms with Gasteiger partial charge in [0.05, 0.1) is 6.04 Å². The van der Waals surface area contributed by atoms with Crippen LogP contribution in [0, 0.1) is 0 Å². The van der Waals surface area contributed by atoms with Gasteiger partial charge in [0.2, 0.25) is 5.60 Å². The van der Waals surface area contributed by atoms with Gasteiger partial charge >= 0.3 is 22.3 Å². The number of anilines is 1. The highest BCUT2D eigenvalue weighted by atomic mass is 32.2. The maximum atomic E-state index is 13.1. The van der Waals surface area contributed by atoms with E-state index in [0.717, 1.165) is 11.3 Å². The van der Waals surface area contributed by atoms with Gasteiger partial charge < -0.3 is 36.5 Å². The van der Waals surface area contributed by atoms with Gasteiger partial charge in [-0.2, -0.15) is 8.42 Å². The summed E-state index contributed by atoms with van der Waals surface area (Å²) in [6.07, 6.45) is 0. The Kier molecular flexibility index (Phi) is 7.91. The number of nitrogen functional groups attached to an aromatic ring is 1. The molecule has 2 atom stereocenters. The van der Waals surface area contributed by atoms with E-state index < -0.39 is 57.5 Å². The van der Waals surface area contributed by atoms with E-state index >= 15 is 0 Å². The molecule has 37 heavy (non-hydrogen) atoms. The summed E-state index contributed by atoms with van der Waals surface area (Å²) in [6.45, 7) is 3.03. The van der Waals surface area contributed by atoms with E-state index in [4.69, 9.17) is 16.3 Å². The molecule has 4 amide bonds. The van der Waals surface area contributed by atoms with Gasteiger partial charge in [-0.1, -0.05) is 5.16 Å². The molecule has 3 heterocycles. The summed E-state index contributed by atoms with van der Waals surface area (Å²) in [4.78, 5) is 61.2. The molecule has 2 aliphatic heterocycles. The highest BCUT2D eigenvalue weighted by Gasteiger charge is 2.55. The number of nitrogens with one attached hydrogen (secondary N) is 1. The molecule has 2 saturated heterocycles. The van der Waals surface area contributed by atoms with Gasteiger partial charge in [-0.25, -0.2) is 18.9 Å². The SMILES string of the molecule is CC(C)(O/N=C(\C(=O)NC1C(=O)N(S(=O)(=O)O)[C@H]1CN1CCN(CCN)C1=O)c1csc(N)n1)C(=O)O. The van der Waals surface area contributed by atoms with Gasteiger partial charge in [-0.05, 0) is 13.8 Å². The molecule has 0 aliphatic carbocycles. The molecule has 0 bridgehead atoms. The summed E-state index contributed by atoms with van der Waals surface area (Å²) in [5.41, 5.74) is 8.63. The molecule has 2 fully saturated rings. The third-order valence-electron chi connectivity index (χ3n) is 5.55. The molecular weight excluding hydrogens is 536 g/mol. The van der Waals surface area contributed by atoms with Crippen LogP contribution >= 0.6 is 11.3 Å². The summed E-state index contributed by atoms with van der Waals surface area (Å²) < 4.78 is 33.3. The Hall–Kier alpha value is -3.55. The fraction of sp³-hybridized carbons (Fsp3) is 0.556. The Morgan fingerprint density at radius 1 is 1.32 bits per heavy atom. The number of carbonyl (C=O) groups is 4. The lowest BCUT2D eigenvalue weighted by atomic mass is 9.97. The summed E-state index contributed by atoms with van der Waals surface area (Å²) in [5.74, 6) is -3.61. The minimum absolute atomic E-state index is 0.0534. The lowest BCUT2D eigenvalue weighted by Gasteiger charge is -2.45. The van der Waals surface area contributed by atoms with Crippen molar-refractivity contribution >= 4 is 56.3 Å². The maximum absolute atomic E-state index is 13.1. The first-order chi connectivity index (χ1) is 17.2. The highest BCUT2D eigenvalue weighted by molar-refractivity contribution is 7.84. The van der Waals surface area contributed by atoms with Crippen molar-refractivity contribution in [1.29, 1.82) is 0 Å².